The largest absolute Gasteiger partial charge is 0.495 e. The molecule has 10 heteroatoms. The van der Waals surface area contributed by atoms with E-state index in [4.69, 9.17) is 38.4 Å². The summed E-state index contributed by atoms with van der Waals surface area (Å²) in [6, 6.07) is 11.3. The van der Waals surface area contributed by atoms with Crippen LogP contribution < -0.4 is 30.3 Å². The van der Waals surface area contributed by atoms with E-state index in [1.807, 2.05) is 18.2 Å². The Labute approximate surface area is 196 Å². The second kappa shape index (κ2) is 9.58. The van der Waals surface area contributed by atoms with Crippen LogP contribution in [-0.2, 0) is 0 Å². The third-order valence-electron chi connectivity index (χ3n) is 5.34. The predicted molar refractivity (Wildman–Crippen MR) is 130 cm³/mol. The van der Waals surface area contributed by atoms with E-state index in [9.17, 15) is 0 Å². The quantitative estimate of drug-likeness (QED) is 0.541. The third-order valence-corrected chi connectivity index (χ3v) is 5.87. The first-order chi connectivity index (χ1) is 15.5. The number of aromatic nitrogens is 2. The van der Waals surface area contributed by atoms with E-state index in [0.717, 1.165) is 36.9 Å². The Morgan fingerprint density at radius 1 is 0.938 bits per heavy atom. The van der Waals surface area contributed by atoms with Gasteiger partial charge in [0.05, 0.1) is 24.9 Å². The molecule has 0 bridgehead atoms. The summed E-state index contributed by atoms with van der Waals surface area (Å²) in [5.74, 6) is 2.24. The molecule has 2 aromatic carbocycles. The van der Waals surface area contributed by atoms with E-state index in [1.54, 1.807) is 26.4 Å². The van der Waals surface area contributed by atoms with Crippen LogP contribution in [-0.4, -0.2) is 50.4 Å². The van der Waals surface area contributed by atoms with Gasteiger partial charge in [-0.25, -0.2) is 9.97 Å². The maximum absolute atomic E-state index is 6.45. The van der Waals surface area contributed by atoms with Crippen molar-refractivity contribution in [2.45, 2.75) is 0 Å². The highest BCUT2D eigenvalue weighted by Crippen LogP contribution is 2.39. The molecule has 0 atom stereocenters. The van der Waals surface area contributed by atoms with E-state index in [0.29, 0.717) is 39.5 Å². The maximum atomic E-state index is 6.45. The van der Waals surface area contributed by atoms with Gasteiger partial charge in [0.15, 0.2) is 11.6 Å². The molecular weight excluding hydrogens is 451 g/mol. The lowest BCUT2D eigenvalue weighted by atomic mass is 10.2. The molecule has 4 rings (SSSR count). The molecule has 168 valence electrons. The maximum Gasteiger partial charge on any atom is 0.159 e. The van der Waals surface area contributed by atoms with Gasteiger partial charge in [-0.1, -0.05) is 29.3 Å². The molecule has 0 radical (unpaired) electrons. The van der Waals surface area contributed by atoms with E-state index in [-0.39, 0.29) is 0 Å². The summed E-state index contributed by atoms with van der Waals surface area (Å²) in [5.41, 5.74) is 8.65. The first-order valence-electron chi connectivity index (χ1n) is 10.0. The second-order valence-electron chi connectivity index (χ2n) is 7.23. The molecule has 1 aliphatic heterocycles. The summed E-state index contributed by atoms with van der Waals surface area (Å²) in [6.07, 6.45) is 1.50. The predicted octanol–water partition coefficient (Wildman–Crippen LogP) is 4.45. The Kier molecular flexibility index (Phi) is 6.62. The van der Waals surface area contributed by atoms with Crippen LogP contribution in [0.4, 0.5) is 28.7 Å². The zero-order valence-corrected chi connectivity index (χ0v) is 19.3. The van der Waals surface area contributed by atoms with Gasteiger partial charge in [0.2, 0.25) is 0 Å². The van der Waals surface area contributed by atoms with Crippen LogP contribution in [0.3, 0.4) is 0 Å². The van der Waals surface area contributed by atoms with Crippen molar-refractivity contribution in [3.8, 4) is 11.5 Å². The first kappa shape index (κ1) is 22.1. The third kappa shape index (κ3) is 4.56. The smallest absolute Gasteiger partial charge is 0.159 e. The van der Waals surface area contributed by atoms with Gasteiger partial charge >= 0.3 is 0 Å². The number of hydrogen-bond acceptors (Lipinski definition) is 8. The van der Waals surface area contributed by atoms with Crippen LogP contribution in [0.1, 0.15) is 0 Å². The second-order valence-corrected chi connectivity index (χ2v) is 8.07. The number of methoxy groups -OCH3 is 2. The molecule has 1 aromatic heterocycles. The number of nitrogen functional groups attached to an aromatic ring is 1. The average Bonchev–Trinajstić information content (AvgIpc) is 2.81. The molecule has 0 aliphatic carbocycles. The molecule has 2 heterocycles. The minimum Gasteiger partial charge on any atom is -0.495 e. The number of halogens is 2. The lowest BCUT2D eigenvalue weighted by Gasteiger charge is -2.37. The number of nitrogens with zero attached hydrogens (tertiary/aromatic N) is 4. The lowest BCUT2D eigenvalue weighted by Crippen LogP contribution is -2.47. The van der Waals surface area contributed by atoms with E-state index in [2.05, 4.69) is 31.2 Å². The SMILES string of the molecule is COc1cc(OC)c(Nc2ncnc(N3CCN(c4cccc(Cl)c4)CC3)c2N)cc1Cl. The van der Waals surface area contributed by atoms with Crippen LogP contribution in [0.15, 0.2) is 42.7 Å². The van der Waals surface area contributed by atoms with E-state index in [1.165, 1.54) is 6.33 Å². The number of benzene rings is 2. The number of nitrogens with one attached hydrogen (secondary N) is 1. The molecule has 1 aliphatic rings. The molecule has 32 heavy (non-hydrogen) atoms. The van der Waals surface area contributed by atoms with Gasteiger partial charge in [-0.15, -0.1) is 0 Å². The van der Waals surface area contributed by atoms with Gasteiger partial charge in [0.1, 0.15) is 23.5 Å². The van der Waals surface area contributed by atoms with Crippen molar-refractivity contribution in [3.63, 3.8) is 0 Å². The summed E-state index contributed by atoms with van der Waals surface area (Å²) in [6.45, 7) is 3.19. The van der Waals surface area contributed by atoms with E-state index < -0.39 is 0 Å². The Hall–Kier alpha value is -3.10. The number of nitrogens with two attached hydrogens (primary N) is 1. The summed E-state index contributed by atoms with van der Waals surface area (Å²) < 4.78 is 10.7. The van der Waals surface area contributed by atoms with Gasteiger partial charge in [-0.05, 0) is 24.3 Å². The summed E-state index contributed by atoms with van der Waals surface area (Å²) in [7, 11) is 3.12. The van der Waals surface area contributed by atoms with Crippen LogP contribution in [0.5, 0.6) is 11.5 Å². The molecule has 0 unspecified atom stereocenters. The summed E-state index contributed by atoms with van der Waals surface area (Å²) in [5, 5.41) is 4.39. The standard InChI is InChI=1S/C22H24Cl2N6O2/c1-31-18-12-19(32-2)17(11-16(18)24)28-21-20(25)22(27-13-26-21)30-8-6-29(7-9-30)15-5-3-4-14(23)10-15/h3-5,10-13H,6-9,25H2,1-2H3,(H,26,27,28). The molecular formula is C22H24Cl2N6O2. The van der Waals surface area contributed by atoms with Gasteiger partial charge in [-0.3, -0.25) is 0 Å². The molecule has 0 spiro atoms. The molecule has 0 saturated carbocycles. The van der Waals surface area contributed by atoms with Crippen LogP contribution >= 0.6 is 23.2 Å². The van der Waals surface area contributed by atoms with Gasteiger partial charge in [-0.2, -0.15) is 0 Å². The van der Waals surface area contributed by atoms with Crippen molar-refractivity contribution in [1.82, 2.24) is 9.97 Å². The molecule has 3 N–H and O–H groups in total. The highest BCUT2D eigenvalue weighted by Gasteiger charge is 2.22. The van der Waals surface area contributed by atoms with Crippen molar-refractivity contribution >= 4 is 51.9 Å². The van der Waals surface area contributed by atoms with Crippen LogP contribution in [0.25, 0.3) is 0 Å². The Balaban J connectivity index is 1.52. The lowest BCUT2D eigenvalue weighted by molar-refractivity contribution is 0.396. The minimum absolute atomic E-state index is 0.445. The summed E-state index contributed by atoms with van der Waals surface area (Å²) >= 11 is 12.4. The zero-order valence-electron chi connectivity index (χ0n) is 17.8. The molecule has 1 saturated heterocycles. The fraction of sp³-hybridized carbons (Fsp3) is 0.273. The molecule has 1 fully saturated rings. The van der Waals surface area contributed by atoms with Crippen LogP contribution in [0.2, 0.25) is 10.0 Å². The van der Waals surface area contributed by atoms with E-state index >= 15 is 0 Å². The Bertz CT molecular complexity index is 1110. The first-order valence-corrected chi connectivity index (χ1v) is 10.8. The minimum atomic E-state index is 0.445. The fourth-order valence-electron chi connectivity index (χ4n) is 3.67. The zero-order chi connectivity index (χ0) is 22.7. The topological polar surface area (TPSA) is 88.8 Å². The fourth-order valence-corrected chi connectivity index (χ4v) is 4.10. The average molecular weight is 475 g/mol. The number of ether oxygens (including phenoxy) is 2. The number of rotatable bonds is 6. The van der Waals surface area contributed by atoms with Crippen molar-refractivity contribution in [1.29, 1.82) is 0 Å². The monoisotopic (exact) mass is 474 g/mol. The molecule has 3 aromatic rings. The van der Waals surface area contributed by atoms with Crippen molar-refractivity contribution in [2.24, 2.45) is 0 Å². The molecule has 8 nitrogen and oxygen atoms in total. The molecule has 0 amide bonds. The van der Waals surface area contributed by atoms with Gasteiger partial charge in [0.25, 0.3) is 0 Å². The Morgan fingerprint density at radius 2 is 1.66 bits per heavy atom. The van der Waals surface area contributed by atoms with Gasteiger partial charge < -0.3 is 30.3 Å². The normalized spacial score (nSPS) is 13.8. The van der Waals surface area contributed by atoms with Crippen LogP contribution in [0, 0.1) is 0 Å². The van der Waals surface area contributed by atoms with Crippen molar-refractivity contribution in [2.75, 3.05) is 61.2 Å². The van der Waals surface area contributed by atoms with Crippen molar-refractivity contribution < 1.29 is 9.47 Å². The highest BCUT2D eigenvalue weighted by atomic mass is 35.5. The van der Waals surface area contributed by atoms with Crippen molar-refractivity contribution in [3.05, 3.63) is 52.8 Å². The number of hydrogen-bond donors (Lipinski definition) is 2. The number of anilines is 5. The van der Waals surface area contributed by atoms with Gasteiger partial charge in [0, 0.05) is 43.0 Å². The number of piperazine rings is 1. The Morgan fingerprint density at radius 3 is 2.34 bits per heavy atom. The highest BCUT2D eigenvalue weighted by molar-refractivity contribution is 6.32. The summed E-state index contributed by atoms with van der Waals surface area (Å²) in [4.78, 5) is 13.2.